The van der Waals surface area contributed by atoms with Gasteiger partial charge in [-0.2, -0.15) is 0 Å². The van der Waals surface area contributed by atoms with Gasteiger partial charge in [0, 0.05) is 57.6 Å². The number of amidine groups is 1. The Morgan fingerprint density at radius 3 is 2.61 bits per heavy atom. The minimum absolute atomic E-state index is 0.110. The first kappa shape index (κ1) is 21.1. The number of hydrogen-bond donors (Lipinski definition) is 4. The first-order valence-corrected chi connectivity index (χ1v) is 11.7. The Bertz CT molecular complexity index is 1480. The van der Waals surface area contributed by atoms with Crippen LogP contribution in [0, 0.1) is 12.3 Å². The summed E-state index contributed by atoms with van der Waals surface area (Å²) in [6.07, 6.45) is 4.58. The molecule has 0 aliphatic carbocycles. The van der Waals surface area contributed by atoms with E-state index in [0.717, 1.165) is 50.7 Å². The van der Waals surface area contributed by atoms with Crippen molar-refractivity contribution < 1.29 is 9.59 Å². The summed E-state index contributed by atoms with van der Waals surface area (Å²) in [4.78, 5) is 29.2. The van der Waals surface area contributed by atoms with Crippen molar-refractivity contribution in [1.29, 1.82) is 5.41 Å². The number of H-pyrrole nitrogens is 1. The topological polar surface area (TPSA) is 117 Å². The molecule has 0 radical (unpaired) electrons. The van der Waals surface area contributed by atoms with Gasteiger partial charge >= 0.3 is 0 Å². The molecule has 2 amide bonds. The zero-order valence-electron chi connectivity index (χ0n) is 18.1. The third-order valence-corrected chi connectivity index (χ3v) is 6.70. The van der Waals surface area contributed by atoms with E-state index in [4.69, 9.17) is 11.1 Å². The van der Waals surface area contributed by atoms with Crippen molar-refractivity contribution in [3.8, 4) is 0 Å². The van der Waals surface area contributed by atoms with Gasteiger partial charge in [0.05, 0.1) is 11.1 Å². The van der Waals surface area contributed by atoms with E-state index in [0.29, 0.717) is 17.7 Å². The van der Waals surface area contributed by atoms with E-state index < -0.39 is 0 Å². The molecule has 2 aromatic heterocycles. The summed E-state index contributed by atoms with van der Waals surface area (Å²) in [5.74, 6) is -0.0301. The smallest absolute Gasteiger partial charge is 0.259 e. The van der Waals surface area contributed by atoms with Crippen LogP contribution in [0.4, 0.5) is 0 Å². The number of nitrogens with one attached hydrogen (secondary N) is 3. The fourth-order valence-corrected chi connectivity index (χ4v) is 4.95. The van der Waals surface area contributed by atoms with Crippen molar-refractivity contribution in [2.75, 3.05) is 5.75 Å². The molecule has 33 heavy (non-hydrogen) atoms. The summed E-state index contributed by atoms with van der Waals surface area (Å²) in [7, 11) is 0. The van der Waals surface area contributed by atoms with Crippen LogP contribution in [0.15, 0.2) is 54.9 Å². The largest absolute Gasteiger partial charge is 0.379 e. The minimum atomic E-state index is -0.383. The zero-order chi connectivity index (χ0) is 23.1. The Hall–Kier alpha value is -3.78. The number of benzene rings is 2. The number of aryl methyl sites for hydroxylation is 2. The molecule has 0 atom stereocenters. The van der Waals surface area contributed by atoms with Crippen molar-refractivity contribution in [2.45, 2.75) is 19.9 Å². The molecular weight excluding hydrogens is 434 g/mol. The molecule has 8 heteroatoms. The minimum Gasteiger partial charge on any atom is -0.379 e. The maximum atomic E-state index is 13.0. The van der Waals surface area contributed by atoms with Gasteiger partial charge in [0.15, 0.2) is 5.17 Å². The maximum Gasteiger partial charge on any atom is 0.259 e. The molecule has 1 aliphatic heterocycles. The van der Waals surface area contributed by atoms with Crippen molar-refractivity contribution in [3.05, 3.63) is 71.5 Å². The van der Waals surface area contributed by atoms with Crippen LogP contribution in [0.5, 0.6) is 0 Å². The fourth-order valence-electron chi connectivity index (χ4n) is 4.46. The van der Waals surface area contributed by atoms with Gasteiger partial charge in [-0.1, -0.05) is 41.6 Å². The van der Waals surface area contributed by atoms with Crippen LogP contribution in [0.25, 0.3) is 33.0 Å². The number of hydrogen-bond acceptors (Lipinski definition) is 4. The number of carbonyl (C=O) groups is 2. The third-order valence-electron chi connectivity index (χ3n) is 5.90. The Morgan fingerprint density at radius 1 is 1.06 bits per heavy atom. The molecule has 3 heterocycles. The highest BCUT2D eigenvalue weighted by Gasteiger charge is 2.35. The summed E-state index contributed by atoms with van der Waals surface area (Å²) in [5.41, 5.74) is 10.7. The van der Waals surface area contributed by atoms with Crippen molar-refractivity contribution in [1.82, 2.24) is 14.9 Å². The van der Waals surface area contributed by atoms with Crippen LogP contribution in [0.3, 0.4) is 0 Å². The van der Waals surface area contributed by atoms with Gasteiger partial charge in [-0.3, -0.25) is 20.3 Å². The molecule has 4 aromatic rings. The van der Waals surface area contributed by atoms with Gasteiger partial charge in [-0.25, -0.2) is 0 Å². The summed E-state index contributed by atoms with van der Waals surface area (Å²) in [6, 6.07) is 13.9. The van der Waals surface area contributed by atoms with Crippen LogP contribution >= 0.6 is 11.8 Å². The second-order valence-corrected chi connectivity index (χ2v) is 9.24. The molecule has 0 saturated carbocycles. The van der Waals surface area contributed by atoms with Gasteiger partial charge < -0.3 is 15.3 Å². The number of nitrogens with two attached hydrogens (primary N) is 1. The average Bonchev–Trinajstić information content (AvgIpc) is 3.43. The van der Waals surface area contributed by atoms with Gasteiger partial charge in [0.1, 0.15) is 0 Å². The molecule has 1 aliphatic rings. The lowest BCUT2D eigenvalue weighted by Gasteiger charge is -2.05. The number of amides is 2. The lowest BCUT2D eigenvalue weighted by molar-refractivity contribution is -0.122. The number of thioether (sulfide) groups is 1. The fraction of sp³-hybridized carbons (Fsp3) is 0.160. The number of carbonyl (C=O) groups excluding carboxylic acids is 2. The van der Waals surface area contributed by atoms with Crippen LogP contribution < -0.4 is 11.1 Å². The molecule has 0 bridgehead atoms. The van der Waals surface area contributed by atoms with E-state index >= 15 is 0 Å². The monoisotopic (exact) mass is 457 g/mol. The highest BCUT2D eigenvalue weighted by Crippen LogP contribution is 2.38. The molecule has 0 spiro atoms. The van der Waals surface area contributed by atoms with E-state index in [-0.39, 0.29) is 17.0 Å². The second-order valence-electron chi connectivity index (χ2n) is 8.10. The molecule has 0 saturated heterocycles. The SMILES string of the molecule is Cc1ccc2c(c1)c(C1=C(c3c[nH]c4ccccc34)C(=O)NC1=O)cn2CCCSC(=N)N. The number of para-hydroxylation sites is 1. The molecule has 2 aromatic carbocycles. The van der Waals surface area contributed by atoms with Gasteiger partial charge in [-0.05, 0) is 31.5 Å². The highest BCUT2D eigenvalue weighted by atomic mass is 32.2. The van der Waals surface area contributed by atoms with E-state index in [2.05, 4.69) is 20.9 Å². The first-order chi connectivity index (χ1) is 15.9. The summed E-state index contributed by atoms with van der Waals surface area (Å²) in [6.45, 7) is 2.73. The predicted molar refractivity (Wildman–Crippen MR) is 134 cm³/mol. The number of fused-ring (bicyclic) bond motifs is 2. The second kappa shape index (κ2) is 8.29. The number of aromatic amines is 1. The Balaban J connectivity index is 1.67. The van der Waals surface area contributed by atoms with Crippen molar-refractivity contribution in [3.63, 3.8) is 0 Å². The number of imide groups is 1. The van der Waals surface area contributed by atoms with Gasteiger partial charge in [0.2, 0.25) is 0 Å². The predicted octanol–water partition coefficient (Wildman–Crippen LogP) is 4.01. The number of aromatic nitrogens is 2. The van der Waals surface area contributed by atoms with Crippen molar-refractivity contribution in [2.24, 2.45) is 5.73 Å². The quantitative estimate of drug-likeness (QED) is 0.151. The summed E-state index contributed by atoms with van der Waals surface area (Å²) in [5, 5.41) is 11.8. The molecule has 166 valence electrons. The van der Waals surface area contributed by atoms with Gasteiger partial charge in [0.25, 0.3) is 11.8 Å². The van der Waals surface area contributed by atoms with Crippen LogP contribution in [-0.2, 0) is 16.1 Å². The first-order valence-electron chi connectivity index (χ1n) is 10.7. The normalized spacial score (nSPS) is 14.0. The Kier molecular flexibility index (Phi) is 5.30. The van der Waals surface area contributed by atoms with E-state index in [1.807, 2.05) is 49.5 Å². The van der Waals surface area contributed by atoms with Crippen molar-refractivity contribution >= 4 is 61.7 Å². The van der Waals surface area contributed by atoms with Gasteiger partial charge in [-0.15, -0.1) is 0 Å². The Morgan fingerprint density at radius 2 is 1.82 bits per heavy atom. The molecule has 0 fully saturated rings. The summed E-state index contributed by atoms with van der Waals surface area (Å²) >= 11 is 1.32. The third kappa shape index (κ3) is 3.72. The number of rotatable bonds is 6. The average molecular weight is 458 g/mol. The zero-order valence-corrected chi connectivity index (χ0v) is 18.9. The molecular formula is C25H23N5O2S. The lowest BCUT2D eigenvalue weighted by atomic mass is 9.95. The summed E-state index contributed by atoms with van der Waals surface area (Å²) < 4.78 is 2.11. The molecule has 5 N–H and O–H groups in total. The maximum absolute atomic E-state index is 13.0. The molecule has 0 unspecified atom stereocenters. The van der Waals surface area contributed by atoms with E-state index in [1.165, 1.54) is 11.8 Å². The van der Waals surface area contributed by atoms with Crippen LogP contribution in [-0.4, -0.2) is 32.3 Å². The van der Waals surface area contributed by atoms with Crippen LogP contribution in [0.2, 0.25) is 0 Å². The number of nitrogens with zero attached hydrogens (tertiary/aromatic N) is 1. The Labute approximate surface area is 194 Å². The van der Waals surface area contributed by atoms with E-state index in [1.54, 1.807) is 6.20 Å². The molecule has 7 nitrogen and oxygen atoms in total. The molecule has 5 rings (SSSR count). The van der Waals surface area contributed by atoms with E-state index in [9.17, 15) is 9.59 Å². The van der Waals surface area contributed by atoms with Crippen LogP contribution in [0.1, 0.15) is 23.1 Å². The highest BCUT2D eigenvalue weighted by molar-refractivity contribution is 8.13. The lowest BCUT2D eigenvalue weighted by Crippen LogP contribution is -2.22. The standard InChI is InChI=1S/C25H23N5O2S/c1-14-7-8-20-16(11-14)18(13-30(20)9-4-10-33-25(26)27)22-21(23(31)29-24(22)32)17-12-28-19-6-3-2-5-15(17)19/h2-3,5-8,11-13,28H,4,9-10H2,1H3,(H3,26,27)(H,29,31,32).